The molecule has 0 aliphatic rings. The SMILES string of the molecule is CC(CN(C)C(=O)c1ccc(Cl)cc1O)C(=O)O. The van der Waals surface area contributed by atoms with Crippen molar-refractivity contribution in [1.82, 2.24) is 4.90 Å². The molecule has 98 valence electrons. The molecule has 1 unspecified atom stereocenters. The zero-order chi connectivity index (χ0) is 13.9. The van der Waals surface area contributed by atoms with Crippen LogP contribution in [0.2, 0.25) is 5.02 Å². The van der Waals surface area contributed by atoms with Crippen LogP contribution in [0.4, 0.5) is 0 Å². The van der Waals surface area contributed by atoms with Crippen LogP contribution in [-0.2, 0) is 4.79 Å². The van der Waals surface area contributed by atoms with Gasteiger partial charge in [0.25, 0.3) is 5.91 Å². The lowest BCUT2D eigenvalue weighted by Gasteiger charge is -2.20. The number of carbonyl (C=O) groups excluding carboxylic acids is 1. The molecule has 0 aliphatic carbocycles. The Morgan fingerprint density at radius 3 is 2.56 bits per heavy atom. The molecule has 0 radical (unpaired) electrons. The zero-order valence-electron chi connectivity index (χ0n) is 10.1. The predicted molar refractivity (Wildman–Crippen MR) is 66.9 cm³/mol. The number of hydrogen-bond donors (Lipinski definition) is 2. The third-order valence-corrected chi connectivity index (χ3v) is 2.74. The van der Waals surface area contributed by atoms with Crippen molar-refractivity contribution in [3.05, 3.63) is 28.8 Å². The number of amides is 1. The van der Waals surface area contributed by atoms with Crippen LogP contribution in [0.1, 0.15) is 17.3 Å². The number of phenolic OH excluding ortho intramolecular Hbond substituents is 1. The van der Waals surface area contributed by atoms with Gasteiger partial charge in [0.05, 0.1) is 11.5 Å². The Bertz CT molecular complexity index is 475. The summed E-state index contributed by atoms with van der Waals surface area (Å²) < 4.78 is 0. The topological polar surface area (TPSA) is 77.8 Å². The highest BCUT2D eigenvalue weighted by atomic mass is 35.5. The lowest BCUT2D eigenvalue weighted by Crippen LogP contribution is -2.33. The van der Waals surface area contributed by atoms with Gasteiger partial charge in [-0.05, 0) is 18.2 Å². The molecule has 0 saturated heterocycles. The molecule has 1 aromatic carbocycles. The van der Waals surface area contributed by atoms with E-state index in [9.17, 15) is 14.7 Å². The van der Waals surface area contributed by atoms with Gasteiger partial charge in [-0.2, -0.15) is 0 Å². The average molecular weight is 272 g/mol. The van der Waals surface area contributed by atoms with Crippen LogP contribution in [0.3, 0.4) is 0 Å². The summed E-state index contributed by atoms with van der Waals surface area (Å²) >= 11 is 5.66. The number of benzene rings is 1. The number of hydrogen-bond acceptors (Lipinski definition) is 3. The standard InChI is InChI=1S/C12H14ClNO4/c1-7(12(17)18)6-14(2)11(16)9-4-3-8(13)5-10(9)15/h3-5,7,15H,6H2,1-2H3,(H,17,18). The number of carbonyl (C=O) groups is 2. The van der Waals surface area contributed by atoms with E-state index in [-0.39, 0.29) is 17.9 Å². The Morgan fingerprint density at radius 2 is 2.06 bits per heavy atom. The molecule has 2 N–H and O–H groups in total. The lowest BCUT2D eigenvalue weighted by atomic mass is 10.1. The van der Waals surface area contributed by atoms with E-state index in [1.807, 2.05) is 0 Å². The molecule has 0 aromatic heterocycles. The first kappa shape index (κ1) is 14.3. The normalized spacial score (nSPS) is 11.9. The molecule has 5 nitrogen and oxygen atoms in total. The number of carboxylic acids is 1. The Labute approximate surface area is 110 Å². The van der Waals surface area contributed by atoms with Crippen LogP contribution in [0.25, 0.3) is 0 Å². The minimum absolute atomic E-state index is 0.0657. The van der Waals surface area contributed by atoms with Crippen molar-refractivity contribution in [2.75, 3.05) is 13.6 Å². The zero-order valence-corrected chi connectivity index (χ0v) is 10.8. The summed E-state index contributed by atoms with van der Waals surface area (Å²) in [7, 11) is 1.48. The Kier molecular flexibility index (Phi) is 4.55. The smallest absolute Gasteiger partial charge is 0.308 e. The van der Waals surface area contributed by atoms with Gasteiger partial charge in [-0.25, -0.2) is 0 Å². The van der Waals surface area contributed by atoms with Gasteiger partial charge in [0.1, 0.15) is 5.75 Å². The fourth-order valence-corrected chi connectivity index (χ4v) is 1.63. The first-order chi connectivity index (χ1) is 8.32. The van der Waals surface area contributed by atoms with Crippen molar-refractivity contribution in [3.8, 4) is 5.75 Å². The highest BCUT2D eigenvalue weighted by Crippen LogP contribution is 2.23. The molecule has 0 spiro atoms. The van der Waals surface area contributed by atoms with E-state index in [1.54, 1.807) is 0 Å². The Balaban J connectivity index is 2.83. The van der Waals surface area contributed by atoms with E-state index < -0.39 is 17.8 Å². The van der Waals surface area contributed by atoms with Gasteiger partial charge in [-0.1, -0.05) is 18.5 Å². The quantitative estimate of drug-likeness (QED) is 0.876. The number of rotatable bonds is 4. The summed E-state index contributed by atoms with van der Waals surface area (Å²) in [5, 5.41) is 18.7. The molecule has 1 amide bonds. The summed E-state index contributed by atoms with van der Waals surface area (Å²) in [6, 6.07) is 4.16. The first-order valence-corrected chi connectivity index (χ1v) is 5.67. The second-order valence-electron chi connectivity index (χ2n) is 4.09. The van der Waals surface area contributed by atoms with E-state index in [4.69, 9.17) is 16.7 Å². The molecule has 0 bridgehead atoms. The predicted octanol–water partition coefficient (Wildman–Crippen LogP) is 1.84. The number of aromatic hydroxyl groups is 1. The van der Waals surface area contributed by atoms with Gasteiger partial charge < -0.3 is 15.1 Å². The molecular weight excluding hydrogens is 258 g/mol. The molecule has 0 fully saturated rings. The maximum absolute atomic E-state index is 12.0. The third-order valence-electron chi connectivity index (χ3n) is 2.51. The molecule has 18 heavy (non-hydrogen) atoms. The van der Waals surface area contributed by atoms with E-state index in [1.165, 1.54) is 37.1 Å². The maximum atomic E-state index is 12.0. The largest absolute Gasteiger partial charge is 0.507 e. The summed E-state index contributed by atoms with van der Waals surface area (Å²) in [5.41, 5.74) is 0.0967. The monoisotopic (exact) mass is 271 g/mol. The van der Waals surface area contributed by atoms with Crippen LogP contribution in [0.15, 0.2) is 18.2 Å². The van der Waals surface area contributed by atoms with Gasteiger partial charge in [-0.15, -0.1) is 0 Å². The maximum Gasteiger partial charge on any atom is 0.308 e. The van der Waals surface area contributed by atoms with Gasteiger partial charge in [0.2, 0.25) is 0 Å². The van der Waals surface area contributed by atoms with Gasteiger partial charge in [0.15, 0.2) is 0 Å². The second kappa shape index (κ2) is 5.73. The molecule has 0 saturated carbocycles. The highest BCUT2D eigenvalue weighted by Gasteiger charge is 2.20. The van der Waals surface area contributed by atoms with E-state index >= 15 is 0 Å². The summed E-state index contributed by atoms with van der Waals surface area (Å²) in [4.78, 5) is 23.9. The van der Waals surface area contributed by atoms with Crippen LogP contribution in [0.5, 0.6) is 5.75 Å². The van der Waals surface area contributed by atoms with E-state index in [0.29, 0.717) is 5.02 Å². The number of aliphatic carboxylic acids is 1. The minimum atomic E-state index is -0.977. The average Bonchev–Trinajstić information content (AvgIpc) is 2.27. The Morgan fingerprint density at radius 1 is 1.44 bits per heavy atom. The van der Waals surface area contributed by atoms with Gasteiger partial charge in [-0.3, -0.25) is 9.59 Å². The van der Waals surface area contributed by atoms with Crippen LogP contribution < -0.4 is 0 Å². The van der Waals surface area contributed by atoms with Crippen LogP contribution in [-0.4, -0.2) is 40.6 Å². The van der Waals surface area contributed by atoms with Crippen molar-refractivity contribution >= 4 is 23.5 Å². The number of halogens is 1. The van der Waals surface area contributed by atoms with Gasteiger partial charge >= 0.3 is 5.97 Å². The third kappa shape index (κ3) is 3.37. The Hall–Kier alpha value is -1.75. The second-order valence-corrected chi connectivity index (χ2v) is 4.52. The lowest BCUT2D eigenvalue weighted by molar-refractivity contribution is -0.141. The van der Waals surface area contributed by atoms with Crippen molar-refractivity contribution in [2.45, 2.75) is 6.92 Å². The van der Waals surface area contributed by atoms with Gasteiger partial charge in [0, 0.05) is 18.6 Å². The number of carboxylic acid groups (broad SMARTS) is 1. The molecule has 1 aromatic rings. The van der Waals surface area contributed by atoms with Crippen molar-refractivity contribution in [2.24, 2.45) is 5.92 Å². The first-order valence-electron chi connectivity index (χ1n) is 5.29. The number of phenols is 1. The van der Waals surface area contributed by atoms with Crippen molar-refractivity contribution < 1.29 is 19.8 Å². The molecule has 1 atom stereocenters. The molecule has 0 aliphatic heterocycles. The highest BCUT2D eigenvalue weighted by molar-refractivity contribution is 6.30. The molecule has 0 heterocycles. The molecule has 6 heteroatoms. The summed E-state index contributed by atoms with van der Waals surface area (Å²) in [6.07, 6.45) is 0. The van der Waals surface area contributed by atoms with E-state index in [2.05, 4.69) is 0 Å². The fourth-order valence-electron chi connectivity index (χ4n) is 1.46. The summed E-state index contributed by atoms with van der Waals surface area (Å²) in [5.74, 6) is -2.32. The van der Waals surface area contributed by atoms with Crippen LogP contribution in [0, 0.1) is 5.92 Å². The van der Waals surface area contributed by atoms with Crippen molar-refractivity contribution in [3.63, 3.8) is 0 Å². The molecule has 1 rings (SSSR count). The fraction of sp³-hybridized carbons (Fsp3) is 0.333. The summed E-state index contributed by atoms with van der Waals surface area (Å²) in [6.45, 7) is 1.57. The number of nitrogens with zero attached hydrogens (tertiary/aromatic N) is 1. The van der Waals surface area contributed by atoms with Crippen molar-refractivity contribution in [1.29, 1.82) is 0 Å². The van der Waals surface area contributed by atoms with Crippen LogP contribution >= 0.6 is 11.6 Å². The minimum Gasteiger partial charge on any atom is -0.507 e. The molecular formula is C12H14ClNO4. The van der Waals surface area contributed by atoms with E-state index in [0.717, 1.165) is 0 Å².